The third-order valence-corrected chi connectivity index (χ3v) is 6.85. The number of halogens is 2. The van der Waals surface area contributed by atoms with Crippen molar-refractivity contribution in [2.75, 3.05) is 18.6 Å². The van der Waals surface area contributed by atoms with Gasteiger partial charge in [0.2, 0.25) is 0 Å². The molecule has 1 aliphatic rings. The van der Waals surface area contributed by atoms with Crippen LogP contribution in [0.15, 0.2) is 24.3 Å². The SMILES string of the molecule is Cc1nn([C@H]2CCS(=O)(=O)C2)c(C)c1CN(C)C(=O)c1ccc(OC(F)F)cc1. The number of aromatic nitrogens is 2. The van der Waals surface area contributed by atoms with Crippen molar-refractivity contribution >= 4 is 15.7 Å². The van der Waals surface area contributed by atoms with Gasteiger partial charge in [-0.3, -0.25) is 9.48 Å². The number of hydrogen-bond acceptors (Lipinski definition) is 5. The Bertz CT molecular complexity index is 1000. The number of carbonyl (C=O) groups excluding carboxylic acids is 1. The molecule has 0 unspecified atom stereocenters. The normalized spacial score (nSPS) is 18.2. The second-order valence-electron chi connectivity index (χ2n) is 7.21. The first-order chi connectivity index (χ1) is 13.6. The first kappa shape index (κ1) is 21.2. The Hall–Kier alpha value is -2.49. The van der Waals surface area contributed by atoms with Gasteiger partial charge in [0.05, 0.1) is 23.2 Å². The van der Waals surface area contributed by atoms with Crippen molar-refractivity contribution in [1.82, 2.24) is 14.7 Å². The lowest BCUT2D eigenvalue weighted by Gasteiger charge is -2.18. The standard InChI is InChI=1S/C19H23F2N3O4S/c1-12-17(13(2)24(22-12)15-8-9-29(26,27)11-15)10-23(3)18(25)14-4-6-16(7-5-14)28-19(20)21/h4-7,15,19H,8-11H2,1-3H3/t15-/m0/s1. The molecule has 3 rings (SSSR count). The fraction of sp³-hybridized carbons (Fsp3) is 0.474. The molecular formula is C19H23F2N3O4S. The number of carbonyl (C=O) groups is 1. The third kappa shape index (κ3) is 4.75. The Balaban J connectivity index is 1.73. The predicted molar refractivity (Wildman–Crippen MR) is 103 cm³/mol. The number of nitrogens with zero attached hydrogens (tertiary/aromatic N) is 3. The lowest BCUT2D eigenvalue weighted by molar-refractivity contribution is -0.0498. The lowest BCUT2D eigenvalue weighted by Crippen LogP contribution is -2.26. The van der Waals surface area contributed by atoms with Crippen LogP contribution in [0.3, 0.4) is 0 Å². The Labute approximate surface area is 168 Å². The van der Waals surface area contributed by atoms with Gasteiger partial charge in [-0.15, -0.1) is 0 Å². The van der Waals surface area contributed by atoms with Gasteiger partial charge >= 0.3 is 6.61 Å². The second-order valence-corrected chi connectivity index (χ2v) is 9.44. The molecule has 29 heavy (non-hydrogen) atoms. The average Bonchev–Trinajstić information content (AvgIpc) is 3.14. The molecule has 10 heteroatoms. The molecule has 0 N–H and O–H groups in total. The van der Waals surface area contributed by atoms with E-state index in [-0.39, 0.29) is 29.2 Å². The largest absolute Gasteiger partial charge is 0.435 e. The molecule has 1 amide bonds. The molecule has 7 nitrogen and oxygen atoms in total. The summed E-state index contributed by atoms with van der Waals surface area (Å²) in [6.07, 6.45) is 0.533. The molecule has 1 saturated heterocycles. The van der Waals surface area contributed by atoms with E-state index in [1.807, 2.05) is 13.8 Å². The molecule has 0 aliphatic carbocycles. The number of amides is 1. The molecule has 0 spiro atoms. The summed E-state index contributed by atoms with van der Waals surface area (Å²) in [6, 6.07) is 5.33. The summed E-state index contributed by atoms with van der Waals surface area (Å²) in [5, 5.41) is 4.51. The van der Waals surface area contributed by atoms with E-state index in [4.69, 9.17) is 0 Å². The molecule has 2 aromatic rings. The van der Waals surface area contributed by atoms with Gasteiger partial charge in [0, 0.05) is 30.4 Å². The van der Waals surface area contributed by atoms with Crippen molar-refractivity contribution in [1.29, 1.82) is 0 Å². The van der Waals surface area contributed by atoms with Gasteiger partial charge in [0.25, 0.3) is 5.91 Å². The zero-order chi connectivity index (χ0) is 21.3. The van der Waals surface area contributed by atoms with Crippen molar-refractivity contribution < 1.29 is 26.7 Å². The number of benzene rings is 1. The van der Waals surface area contributed by atoms with E-state index in [0.717, 1.165) is 17.0 Å². The summed E-state index contributed by atoms with van der Waals surface area (Å²) >= 11 is 0. The smallest absolute Gasteiger partial charge is 0.387 e. The van der Waals surface area contributed by atoms with E-state index in [0.29, 0.717) is 18.5 Å². The number of hydrogen-bond donors (Lipinski definition) is 0. The second kappa shape index (κ2) is 8.10. The van der Waals surface area contributed by atoms with Gasteiger partial charge in [0.1, 0.15) is 5.75 Å². The highest BCUT2D eigenvalue weighted by Gasteiger charge is 2.31. The zero-order valence-corrected chi connectivity index (χ0v) is 17.2. The lowest BCUT2D eigenvalue weighted by atomic mass is 10.1. The highest BCUT2D eigenvalue weighted by Crippen LogP contribution is 2.27. The van der Waals surface area contributed by atoms with Crippen LogP contribution in [0, 0.1) is 13.8 Å². The van der Waals surface area contributed by atoms with E-state index < -0.39 is 16.4 Å². The maximum absolute atomic E-state index is 12.7. The van der Waals surface area contributed by atoms with Crippen molar-refractivity contribution in [3.8, 4) is 5.75 Å². The summed E-state index contributed by atoms with van der Waals surface area (Å²) in [4.78, 5) is 14.2. The molecule has 1 fully saturated rings. The molecule has 1 aromatic heterocycles. The highest BCUT2D eigenvalue weighted by molar-refractivity contribution is 7.91. The number of alkyl halides is 2. The number of aryl methyl sites for hydroxylation is 1. The Morgan fingerprint density at radius 1 is 1.31 bits per heavy atom. The van der Waals surface area contributed by atoms with E-state index in [9.17, 15) is 22.0 Å². The minimum absolute atomic E-state index is 0.0151. The first-order valence-corrected chi connectivity index (χ1v) is 10.9. The number of sulfone groups is 1. The summed E-state index contributed by atoms with van der Waals surface area (Å²) in [5.74, 6) is -0.0483. The molecule has 0 bridgehead atoms. The zero-order valence-electron chi connectivity index (χ0n) is 16.4. The van der Waals surface area contributed by atoms with Crippen LogP contribution < -0.4 is 4.74 Å². The van der Waals surface area contributed by atoms with Crippen molar-refractivity contribution in [3.63, 3.8) is 0 Å². The maximum Gasteiger partial charge on any atom is 0.387 e. The molecule has 0 radical (unpaired) electrons. The van der Waals surface area contributed by atoms with Gasteiger partial charge in [0.15, 0.2) is 9.84 Å². The molecule has 0 saturated carbocycles. The first-order valence-electron chi connectivity index (χ1n) is 9.12. The molecule has 1 atom stereocenters. The fourth-order valence-corrected chi connectivity index (χ4v) is 5.25. The third-order valence-electron chi connectivity index (χ3n) is 5.10. The van der Waals surface area contributed by atoms with E-state index in [1.165, 1.54) is 29.2 Å². The Morgan fingerprint density at radius 3 is 2.52 bits per heavy atom. The molecule has 2 heterocycles. The van der Waals surface area contributed by atoms with Crippen LogP contribution in [0.2, 0.25) is 0 Å². The highest BCUT2D eigenvalue weighted by atomic mass is 32.2. The van der Waals surface area contributed by atoms with Crippen molar-refractivity contribution in [2.45, 2.75) is 39.5 Å². The van der Waals surface area contributed by atoms with Crippen molar-refractivity contribution in [3.05, 3.63) is 46.8 Å². The van der Waals surface area contributed by atoms with Gasteiger partial charge in [-0.05, 0) is 44.5 Å². The summed E-state index contributed by atoms with van der Waals surface area (Å²) in [6.45, 7) is 1.08. The fourth-order valence-electron chi connectivity index (χ4n) is 3.56. The van der Waals surface area contributed by atoms with Gasteiger partial charge in [-0.2, -0.15) is 13.9 Å². The minimum Gasteiger partial charge on any atom is -0.435 e. The van der Waals surface area contributed by atoms with Gasteiger partial charge in [-0.1, -0.05) is 0 Å². The van der Waals surface area contributed by atoms with Crippen LogP contribution in [0.5, 0.6) is 5.75 Å². The average molecular weight is 427 g/mol. The van der Waals surface area contributed by atoms with Gasteiger partial charge < -0.3 is 9.64 Å². The quantitative estimate of drug-likeness (QED) is 0.708. The topological polar surface area (TPSA) is 81.5 Å². The molecule has 158 valence electrons. The Morgan fingerprint density at radius 2 is 1.97 bits per heavy atom. The Kier molecular flexibility index (Phi) is 5.92. The van der Waals surface area contributed by atoms with Crippen molar-refractivity contribution in [2.24, 2.45) is 0 Å². The summed E-state index contributed by atoms with van der Waals surface area (Å²) in [5.41, 5.74) is 2.79. The van der Waals surface area contributed by atoms with E-state index >= 15 is 0 Å². The van der Waals surface area contributed by atoms with Gasteiger partial charge in [-0.25, -0.2) is 8.42 Å². The summed E-state index contributed by atoms with van der Waals surface area (Å²) in [7, 11) is -1.39. The van der Waals surface area contributed by atoms with Crippen LogP contribution >= 0.6 is 0 Å². The minimum atomic E-state index is -3.03. The van der Waals surface area contributed by atoms with Crippen LogP contribution in [0.1, 0.15) is 39.8 Å². The van der Waals surface area contributed by atoms with Crippen LogP contribution in [-0.4, -0.2) is 54.2 Å². The maximum atomic E-state index is 12.7. The molecule has 1 aromatic carbocycles. The number of rotatable bonds is 6. The summed E-state index contributed by atoms with van der Waals surface area (Å²) < 4.78 is 54.1. The van der Waals surface area contributed by atoms with Crippen LogP contribution in [-0.2, 0) is 16.4 Å². The monoisotopic (exact) mass is 427 g/mol. The van der Waals surface area contributed by atoms with Crippen LogP contribution in [0.25, 0.3) is 0 Å². The predicted octanol–water partition coefficient (Wildman–Crippen LogP) is 2.73. The van der Waals surface area contributed by atoms with Crippen LogP contribution in [0.4, 0.5) is 8.78 Å². The molecular weight excluding hydrogens is 404 g/mol. The number of ether oxygens (including phenoxy) is 1. The molecule has 1 aliphatic heterocycles. The van der Waals surface area contributed by atoms with E-state index in [2.05, 4.69) is 9.84 Å². The van der Waals surface area contributed by atoms with E-state index in [1.54, 1.807) is 11.7 Å².